The number of hydrogen-bond donors (Lipinski definition) is 1. The summed E-state index contributed by atoms with van der Waals surface area (Å²) in [6, 6.07) is 4.94. The quantitative estimate of drug-likeness (QED) is 0.715. The second-order valence-electron chi connectivity index (χ2n) is 5.30. The lowest BCUT2D eigenvalue weighted by Gasteiger charge is -2.08. The molecule has 1 aliphatic heterocycles. The molecule has 3 heteroatoms. The van der Waals surface area contributed by atoms with Crippen molar-refractivity contribution in [3.8, 4) is 0 Å². The van der Waals surface area contributed by atoms with Crippen LogP contribution in [0.4, 0.5) is 10.1 Å². The molecule has 0 saturated carbocycles. The van der Waals surface area contributed by atoms with Crippen LogP contribution in [0.3, 0.4) is 0 Å². The van der Waals surface area contributed by atoms with Crippen molar-refractivity contribution in [3.05, 3.63) is 29.6 Å². The van der Waals surface area contributed by atoms with Crippen molar-refractivity contribution in [1.29, 1.82) is 0 Å². The van der Waals surface area contributed by atoms with E-state index in [0.717, 1.165) is 24.8 Å². The molecule has 1 amide bonds. The summed E-state index contributed by atoms with van der Waals surface area (Å²) in [5.41, 5.74) is 1.22. The minimum Gasteiger partial charge on any atom is -0.323 e. The van der Waals surface area contributed by atoms with Gasteiger partial charge in [0.15, 0.2) is 0 Å². The van der Waals surface area contributed by atoms with Gasteiger partial charge in [0.25, 0.3) is 0 Å². The summed E-state index contributed by atoms with van der Waals surface area (Å²) in [5.74, 6) is -0.526. The highest BCUT2D eigenvalue weighted by Crippen LogP contribution is 2.37. The van der Waals surface area contributed by atoms with Gasteiger partial charge in [0.1, 0.15) is 5.82 Å². The van der Waals surface area contributed by atoms with E-state index in [4.69, 9.17) is 0 Å². The highest BCUT2D eigenvalue weighted by atomic mass is 19.1. The van der Waals surface area contributed by atoms with E-state index in [9.17, 15) is 9.18 Å². The molecule has 2 rings (SSSR count). The Labute approximate surface area is 114 Å². The van der Waals surface area contributed by atoms with E-state index in [1.807, 2.05) is 6.07 Å². The molecule has 0 spiro atoms. The van der Waals surface area contributed by atoms with Crippen LogP contribution < -0.4 is 5.32 Å². The Hall–Kier alpha value is -1.38. The summed E-state index contributed by atoms with van der Waals surface area (Å²) < 4.78 is 13.6. The fourth-order valence-electron chi connectivity index (χ4n) is 2.73. The molecule has 0 aromatic heterocycles. The Morgan fingerprint density at radius 1 is 1.16 bits per heavy atom. The number of fused-ring (bicyclic) bond motifs is 1. The smallest absolute Gasteiger partial charge is 0.232 e. The molecular weight excluding hydrogens is 241 g/mol. The van der Waals surface area contributed by atoms with Gasteiger partial charge in [0, 0.05) is 0 Å². The van der Waals surface area contributed by atoms with Crippen LogP contribution in [-0.4, -0.2) is 5.91 Å². The molecule has 1 atom stereocenters. The van der Waals surface area contributed by atoms with Crippen molar-refractivity contribution in [2.45, 2.75) is 57.8 Å². The molecule has 1 aromatic rings. The van der Waals surface area contributed by atoms with Crippen LogP contribution >= 0.6 is 0 Å². The Balaban J connectivity index is 1.85. The highest BCUT2D eigenvalue weighted by molar-refractivity contribution is 6.02. The van der Waals surface area contributed by atoms with E-state index >= 15 is 0 Å². The zero-order valence-electron chi connectivity index (χ0n) is 11.5. The number of halogens is 1. The van der Waals surface area contributed by atoms with E-state index in [1.165, 1.54) is 31.7 Å². The normalized spacial score (nSPS) is 17.4. The third kappa shape index (κ3) is 3.34. The molecule has 0 saturated heterocycles. The lowest BCUT2D eigenvalue weighted by atomic mass is 9.94. The number of rotatable bonds is 7. The van der Waals surface area contributed by atoms with Crippen molar-refractivity contribution in [1.82, 2.24) is 0 Å². The third-order valence-corrected chi connectivity index (χ3v) is 3.83. The molecule has 1 unspecified atom stereocenters. The number of carbonyl (C=O) groups is 1. The lowest BCUT2D eigenvalue weighted by Crippen LogP contribution is -2.12. The summed E-state index contributed by atoms with van der Waals surface area (Å²) in [4.78, 5) is 11.9. The molecule has 2 nitrogen and oxygen atoms in total. The second kappa shape index (κ2) is 6.69. The third-order valence-electron chi connectivity index (χ3n) is 3.83. The predicted molar refractivity (Wildman–Crippen MR) is 75.8 cm³/mol. The van der Waals surface area contributed by atoms with Crippen LogP contribution in [0.25, 0.3) is 0 Å². The maximum atomic E-state index is 13.6. The van der Waals surface area contributed by atoms with Crippen LogP contribution in [0.1, 0.15) is 63.4 Å². The summed E-state index contributed by atoms with van der Waals surface area (Å²) >= 11 is 0. The second-order valence-corrected chi connectivity index (χ2v) is 5.30. The SMILES string of the molecule is CCCCCCCCC1C(=O)Nc2c(F)cccc21. The van der Waals surface area contributed by atoms with Crippen molar-refractivity contribution in [2.75, 3.05) is 5.32 Å². The van der Waals surface area contributed by atoms with Crippen LogP contribution in [0.5, 0.6) is 0 Å². The van der Waals surface area contributed by atoms with Gasteiger partial charge in [0.05, 0.1) is 11.6 Å². The first-order valence-electron chi connectivity index (χ1n) is 7.33. The highest BCUT2D eigenvalue weighted by Gasteiger charge is 2.31. The molecule has 1 aromatic carbocycles. The number of amides is 1. The molecule has 0 radical (unpaired) electrons. The van der Waals surface area contributed by atoms with E-state index in [-0.39, 0.29) is 17.6 Å². The first-order valence-corrected chi connectivity index (χ1v) is 7.33. The minimum absolute atomic E-state index is 0.0475. The molecule has 104 valence electrons. The Bertz CT molecular complexity index is 444. The van der Waals surface area contributed by atoms with E-state index in [1.54, 1.807) is 6.07 Å². The molecule has 0 fully saturated rings. The number of carbonyl (C=O) groups excluding carboxylic acids is 1. The van der Waals surface area contributed by atoms with Gasteiger partial charge in [-0.3, -0.25) is 4.79 Å². The Morgan fingerprint density at radius 2 is 1.89 bits per heavy atom. The molecule has 1 N–H and O–H groups in total. The topological polar surface area (TPSA) is 29.1 Å². The zero-order chi connectivity index (χ0) is 13.7. The summed E-state index contributed by atoms with van der Waals surface area (Å²) in [6.45, 7) is 2.20. The predicted octanol–water partition coefficient (Wildman–Crippen LogP) is 4.61. The number of nitrogens with one attached hydrogen (secondary N) is 1. The fourth-order valence-corrected chi connectivity index (χ4v) is 2.73. The minimum atomic E-state index is -0.323. The Morgan fingerprint density at radius 3 is 2.68 bits per heavy atom. The van der Waals surface area contributed by atoms with Crippen molar-refractivity contribution < 1.29 is 9.18 Å². The average Bonchev–Trinajstić information content (AvgIpc) is 2.72. The van der Waals surface area contributed by atoms with Gasteiger partial charge in [-0.15, -0.1) is 0 Å². The summed E-state index contributed by atoms with van der Waals surface area (Å²) in [7, 11) is 0. The number of para-hydroxylation sites is 1. The zero-order valence-corrected chi connectivity index (χ0v) is 11.5. The van der Waals surface area contributed by atoms with E-state index < -0.39 is 0 Å². The van der Waals surface area contributed by atoms with Gasteiger partial charge in [0.2, 0.25) is 5.91 Å². The number of benzene rings is 1. The standard InChI is InChI=1S/C16H22FNO/c1-2-3-4-5-6-7-9-13-12-10-8-11-14(17)15(12)18-16(13)19/h8,10-11,13H,2-7,9H2,1H3,(H,18,19). The number of unbranched alkanes of at least 4 members (excludes halogenated alkanes) is 5. The van der Waals surface area contributed by atoms with Gasteiger partial charge in [-0.05, 0) is 18.1 Å². The largest absolute Gasteiger partial charge is 0.323 e. The Kier molecular flexibility index (Phi) is 4.94. The maximum Gasteiger partial charge on any atom is 0.232 e. The van der Waals surface area contributed by atoms with Crippen molar-refractivity contribution in [3.63, 3.8) is 0 Å². The molecule has 0 aliphatic carbocycles. The van der Waals surface area contributed by atoms with Gasteiger partial charge in [-0.1, -0.05) is 57.6 Å². The lowest BCUT2D eigenvalue weighted by molar-refractivity contribution is -0.117. The van der Waals surface area contributed by atoms with Gasteiger partial charge >= 0.3 is 0 Å². The molecule has 0 bridgehead atoms. The van der Waals surface area contributed by atoms with Gasteiger partial charge in [-0.25, -0.2) is 4.39 Å². The summed E-state index contributed by atoms with van der Waals surface area (Å²) in [5, 5.41) is 2.66. The van der Waals surface area contributed by atoms with Crippen molar-refractivity contribution in [2.24, 2.45) is 0 Å². The van der Waals surface area contributed by atoms with Crippen molar-refractivity contribution >= 4 is 11.6 Å². The van der Waals surface area contributed by atoms with Crippen LogP contribution in [-0.2, 0) is 4.79 Å². The monoisotopic (exact) mass is 263 g/mol. The van der Waals surface area contributed by atoms with E-state index in [0.29, 0.717) is 5.69 Å². The maximum absolute atomic E-state index is 13.6. The molecular formula is C16H22FNO. The first-order chi connectivity index (χ1) is 9.24. The van der Waals surface area contributed by atoms with Gasteiger partial charge in [-0.2, -0.15) is 0 Å². The molecule has 19 heavy (non-hydrogen) atoms. The summed E-state index contributed by atoms with van der Waals surface area (Å²) in [6.07, 6.45) is 8.08. The fraction of sp³-hybridized carbons (Fsp3) is 0.562. The van der Waals surface area contributed by atoms with E-state index in [2.05, 4.69) is 12.2 Å². The first kappa shape index (κ1) is 14.0. The number of anilines is 1. The number of hydrogen-bond acceptors (Lipinski definition) is 1. The average molecular weight is 263 g/mol. The van der Waals surface area contributed by atoms with Gasteiger partial charge < -0.3 is 5.32 Å². The molecule has 1 aliphatic rings. The van der Waals surface area contributed by atoms with Crippen LogP contribution in [0, 0.1) is 5.82 Å². The van der Waals surface area contributed by atoms with Crippen LogP contribution in [0.2, 0.25) is 0 Å². The van der Waals surface area contributed by atoms with Crippen LogP contribution in [0.15, 0.2) is 18.2 Å². The molecule has 1 heterocycles.